The van der Waals surface area contributed by atoms with Gasteiger partial charge in [0.25, 0.3) is 11.8 Å². The topological polar surface area (TPSA) is 104 Å². The second-order valence-electron chi connectivity index (χ2n) is 11.7. The summed E-state index contributed by atoms with van der Waals surface area (Å²) < 4.78 is 34.0. The SMILES string of the molecule is Cc1csc(C2CCCN2C(=O)c2cc(C(=O)N[C@@H](Cc3cc(F)cc(F)c3)[C@H](O)[C@H]3CCCN3)cc3c2OCCC3)n1. The fraction of sp³-hybridized carbons (Fsp3) is 0.469. The van der Waals surface area contributed by atoms with Gasteiger partial charge in [0.15, 0.2) is 0 Å². The van der Waals surface area contributed by atoms with Gasteiger partial charge in [0.1, 0.15) is 22.4 Å². The Hall–Kier alpha value is -3.41. The first-order valence-electron chi connectivity index (χ1n) is 15.0. The van der Waals surface area contributed by atoms with Crippen LogP contribution in [0.5, 0.6) is 5.75 Å². The molecular weight excluding hydrogens is 574 g/mol. The van der Waals surface area contributed by atoms with Gasteiger partial charge in [-0.3, -0.25) is 9.59 Å². The largest absolute Gasteiger partial charge is 0.492 e. The van der Waals surface area contributed by atoms with Crippen molar-refractivity contribution in [2.24, 2.45) is 0 Å². The van der Waals surface area contributed by atoms with Crippen molar-refractivity contribution in [1.29, 1.82) is 0 Å². The molecule has 4 atom stereocenters. The number of aliphatic hydroxyl groups is 1. The quantitative estimate of drug-likeness (QED) is 0.348. The summed E-state index contributed by atoms with van der Waals surface area (Å²) in [6.07, 6.45) is 3.73. The van der Waals surface area contributed by atoms with E-state index >= 15 is 0 Å². The minimum atomic E-state index is -0.994. The number of hydrogen-bond donors (Lipinski definition) is 3. The number of aliphatic hydroxyl groups excluding tert-OH is 1. The van der Waals surface area contributed by atoms with Crippen LogP contribution in [-0.2, 0) is 12.8 Å². The summed E-state index contributed by atoms with van der Waals surface area (Å²) in [5.74, 6) is -1.62. The van der Waals surface area contributed by atoms with Crippen molar-refractivity contribution in [2.75, 3.05) is 19.7 Å². The summed E-state index contributed by atoms with van der Waals surface area (Å²) in [7, 11) is 0. The highest BCUT2D eigenvalue weighted by molar-refractivity contribution is 7.09. The molecule has 0 spiro atoms. The van der Waals surface area contributed by atoms with Crippen LogP contribution in [0.2, 0.25) is 0 Å². The average molecular weight is 611 g/mol. The fourth-order valence-electron chi connectivity index (χ4n) is 6.49. The van der Waals surface area contributed by atoms with E-state index in [1.54, 1.807) is 23.5 Å². The van der Waals surface area contributed by atoms with Crippen LogP contribution in [0.15, 0.2) is 35.7 Å². The molecule has 0 saturated carbocycles. The summed E-state index contributed by atoms with van der Waals surface area (Å²) >= 11 is 1.55. The van der Waals surface area contributed by atoms with Gasteiger partial charge in [-0.2, -0.15) is 0 Å². The smallest absolute Gasteiger partial charge is 0.258 e. The monoisotopic (exact) mass is 610 g/mol. The van der Waals surface area contributed by atoms with Gasteiger partial charge in [0.05, 0.1) is 30.4 Å². The van der Waals surface area contributed by atoms with Crippen LogP contribution in [0.1, 0.15) is 80.7 Å². The molecule has 43 heavy (non-hydrogen) atoms. The number of halogens is 2. The van der Waals surface area contributed by atoms with E-state index in [-0.39, 0.29) is 30.0 Å². The third-order valence-electron chi connectivity index (χ3n) is 8.55. The van der Waals surface area contributed by atoms with Crippen molar-refractivity contribution in [3.05, 3.63) is 80.3 Å². The molecule has 3 N–H and O–H groups in total. The standard InChI is InChI=1S/C32H36F2N4O4S/c1-18-17-43-31(36-18)27-7-3-9-38(27)32(41)24-15-21(14-20-5-4-10-42-29(20)24)30(40)37-26(28(39)25-6-2-8-35-25)13-19-11-22(33)16-23(34)12-19/h11-12,14-17,25-28,35,39H,2-10,13H2,1H3,(H,37,40)/t25-,26+,27?,28-/m1/s1. The lowest BCUT2D eigenvalue weighted by molar-refractivity contribution is 0.0728. The van der Waals surface area contributed by atoms with Gasteiger partial charge in [-0.15, -0.1) is 11.3 Å². The number of benzene rings is 2. The summed E-state index contributed by atoms with van der Waals surface area (Å²) in [4.78, 5) is 34.3. The molecule has 0 radical (unpaired) electrons. The second kappa shape index (κ2) is 12.7. The van der Waals surface area contributed by atoms with E-state index in [9.17, 15) is 23.5 Å². The zero-order valence-electron chi connectivity index (χ0n) is 24.1. The Labute approximate surface area is 253 Å². The minimum absolute atomic E-state index is 0.0301. The molecule has 11 heteroatoms. The Morgan fingerprint density at radius 2 is 1.98 bits per heavy atom. The van der Waals surface area contributed by atoms with Crippen molar-refractivity contribution < 1.29 is 28.2 Å². The molecule has 2 fully saturated rings. The van der Waals surface area contributed by atoms with Gasteiger partial charge < -0.3 is 25.4 Å². The third kappa shape index (κ3) is 6.44. The van der Waals surface area contributed by atoms with Crippen molar-refractivity contribution in [3.8, 4) is 5.75 Å². The zero-order valence-corrected chi connectivity index (χ0v) is 24.9. The van der Waals surface area contributed by atoms with E-state index in [0.717, 1.165) is 61.0 Å². The predicted octanol–water partition coefficient (Wildman–Crippen LogP) is 4.49. The second-order valence-corrected chi connectivity index (χ2v) is 12.6. The molecule has 2 amide bonds. The number of likely N-dealkylation sites (tertiary alicyclic amines) is 1. The van der Waals surface area contributed by atoms with E-state index in [1.807, 2.05) is 17.2 Å². The Morgan fingerprint density at radius 1 is 1.16 bits per heavy atom. The van der Waals surface area contributed by atoms with E-state index in [0.29, 0.717) is 36.4 Å². The van der Waals surface area contributed by atoms with E-state index in [1.165, 1.54) is 12.1 Å². The molecular formula is C32H36F2N4O4S. The van der Waals surface area contributed by atoms with E-state index < -0.39 is 29.7 Å². The maximum Gasteiger partial charge on any atom is 0.258 e. The number of carbonyl (C=O) groups excluding carboxylic acids is 2. The Morgan fingerprint density at radius 3 is 2.70 bits per heavy atom. The highest BCUT2D eigenvalue weighted by Gasteiger charge is 2.36. The lowest BCUT2D eigenvalue weighted by Gasteiger charge is -2.29. The summed E-state index contributed by atoms with van der Waals surface area (Å²) in [6, 6.07) is 5.30. The van der Waals surface area contributed by atoms with E-state index in [4.69, 9.17) is 4.74 Å². The number of nitrogens with zero attached hydrogens (tertiary/aromatic N) is 2. The molecule has 3 aromatic rings. The van der Waals surface area contributed by atoms with Crippen molar-refractivity contribution in [3.63, 3.8) is 0 Å². The van der Waals surface area contributed by atoms with Gasteiger partial charge in [0.2, 0.25) is 0 Å². The van der Waals surface area contributed by atoms with Crippen molar-refractivity contribution >= 4 is 23.2 Å². The number of thiazole rings is 1. The number of ether oxygens (including phenoxy) is 1. The first-order valence-corrected chi connectivity index (χ1v) is 15.8. The summed E-state index contributed by atoms with van der Waals surface area (Å²) in [5.41, 5.74) is 2.64. The van der Waals surface area contributed by atoms with Crippen LogP contribution in [0.3, 0.4) is 0 Å². The number of fused-ring (bicyclic) bond motifs is 1. The van der Waals surface area contributed by atoms with Gasteiger partial charge >= 0.3 is 0 Å². The number of amides is 2. The molecule has 6 rings (SSSR count). The van der Waals surface area contributed by atoms with Crippen molar-refractivity contribution in [2.45, 2.75) is 76.1 Å². The van der Waals surface area contributed by atoms with Crippen LogP contribution >= 0.6 is 11.3 Å². The van der Waals surface area contributed by atoms with Crippen LogP contribution in [0.4, 0.5) is 8.78 Å². The number of aryl methyl sites for hydroxylation is 2. The molecule has 8 nitrogen and oxygen atoms in total. The van der Waals surface area contributed by atoms with Gasteiger partial charge in [-0.1, -0.05) is 0 Å². The van der Waals surface area contributed by atoms with Crippen molar-refractivity contribution in [1.82, 2.24) is 20.5 Å². The average Bonchev–Trinajstić information content (AvgIpc) is 3.77. The maximum absolute atomic E-state index is 14.1. The lowest BCUT2D eigenvalue weighted by Crippen LogP contribution is -2.52. The molecule has 3 aliphatic rings. The molecule has 228 valence electrons. The Balaban J connectivity index is 1.30. The first-order chi connectivity index (χ1) is 20.8. The summed E-state index contributed by atoms with van der Waals surface area (Å²) in [6.45, 7) is 3.75. The van der Waals surface area contributed by atoms with Gasteiger partial charge in [0, 0.05) is 35.3 Å². The number of carbonyl (C=O) groups is 2. The number of hydrogen-bond acceptors (Lipinski definition) is 7. The molecule has 1 unspecified atom stereocenters. The van der Waals surface area contributed by atoms with Crippen LogP contribution in [-0.4, -0.2) is 64.7 Å². The fourth-order valence-corrected chi connectivity index (χ4v) is 7.44. The minimum Gasteiger partial charge on any atom is -0.492 e. The Kier molecular flexibility index (Phi) is 8.74. The predicted molar refractivity (Wildman–Crippen MR) is 158 cm³/mol. The molecule has 4 heterocycles. The highest BCUT2D eigenvalue weighted by atomic mass is 32.1. The number of aromatic nitrogens is 1. The molecule has 3 aliphatic heterocycles. The number of rotatable bonds is 8. The summed E-state index contributed by atoms with van der Waals surface area (Å²) in [5, 5.41) is 20.3. The molecule has 2 aromatic carbocycles. The molecule has 0 bridgehead atoms. The van der Waals surface area contributed by atoms with Crippen LogP contribution < -0.4 is 15.4 Å². The highest BCUT2D eigenvalue weighted by Crippen LogP contribution is 2.38. The van der Waals surface area contributed by atoms with Gasteiger partial charge in [-0.05, 0) is 93.8 Å². The number of nitrogens with one attached hydrogen (secondary N) is 2. The molecule has 2 saturated heterocycles. The lowest BCUT2D eigenvalue weighted by atomic mass is 9.94. The van der Waals surface area contributed by atoms with Gasteiger partial charge in [-0.25, -0.2) is 13.8 Å². The maximum atomic E-state index is 14.1. The normalized spacial score (nSPS) is 21.3. The molecule has 1 aromatic heterocycles. The molecule has 0 aliphatic carbocycles. The van der Waals surface area contributed by atoms with Crippen LogP contribution in [0, 0.1) is 18.6 Å². The zero-order chi connectivity index (χ0) is 30.1. The van der Waals surface area contributed by atoms with Crippen LogP contribution in [0.25, 0.3) is 0 Å². The Bertz CT molecular complexity index is 1490. The van der Waals surface area contributed by atoms with E-state index in [2.05, 4.69) is 15.6 Å². The third-order valence-corrected chi connectivity index (χ3v) is 9.61. The first kappa shape index (κ1) is 29.7.